The molecule has 1 heterocycles. The Hall–Kier alpha value is -6.64. The Morgan fingerprint density at radius 3 is 1.38 bits per heavy atom. The molecule has 0 radical (unpaired) electrons. The minimum absolute atomic E-state index is 0.746. The predicted octanol–water partition coefficient (Wildman–Crippen LogP) is 12.9. The van der Waals surface area contributed by atoms with Crippen molar-refractivity contribution in [3.05, 3.63) is 182 Å². The largest absolute Gasteiger partial charge is 0.237 e. The fourth-order valence-corrected chi connectivity index (χ4v) is 7.90. The van der Waals surface area contributed by atoms with Crippen LogP contribution in [0, 0.1) is 0 Å². The summed E-state index contributed by atoms with van der Waals surface area (Å²) in [5.74, 6) is 0.746. The second-order valence-electron chi connectivity index (χ2n) is 12.9. The van der Waals surface area contributed by atoms with E-state index in [1.165, 1.54) is 76.5 Å². The highest BCUT2D eigenvalue weighted by Crippen LogP contribution is 2.43. The van der Waals surface area contributed by atoms with E-state index in [4.69, 9.17) is 0 Å². The van der Waals surface area contributed by atoms with E-state index in [2.05, 4.69) is 174 Å². The Kier molecular flexibility index (Phi) is 6.53. The summed E-state index contributed by atoms with van der Waals surface area (Å²) in [5, 5.41) is 12.4. The molecule has 0 fully saturated rings. The topological polar surface area (TPSA) is 25.8 Å². The van der Waals surface area contributed by atoms with Crippen LogP contribution in [0.3, 0.4) is 0 Å². The van der Waals surface area contributed by atoms with Crippen molar-refractivity contribution in [2.24, 2.45) is 0 Å². The Balaban J connectivity index is 1.06. The van der Waals surface area contributed by atoms with E-state index in [1.54, 1.807) is 0 Å². The molecule has 0 unspecified atom stereocenters. The molecule has 232 valence electrons. The number of fused-ring (bicyclic) bond motifs is 7. The molecular weight excluding hydrogens is 605 g/mol. The van der Waals surface area contributed by atoms with E-state index in [1.807, 2.05) is 18.5 Å². The molecule has 0 N–H and O–H groups in total. The highest BCUT2D eigenvalue weighted by Gasteiger charge is 2.18. The molecule has 0 saturated heterocycles. The molecule has 50 heavy (non-hydrogen) atoms. The van der Waals surface area contributed by atoms with Gasteiger partial charge in [-0.15, -0.1) is 0 Å². The van der Waals surface area contributed by atoms with Gasteiger partial charge in [-0.2, -0.15) is 0 Å². The zero-order chi connectivity index (χ0) is 33.0. The van der Waals surface area contributed by atoms with Crippen LogP contribution in [0.5, 0.6) is 0 Å². The number of hydrogen-bond acceptors (Lipinski definition) is 2. The zero-order valence-corrected chi connectivity index (χ0v) is 27.2. The lowest BCUT2D eigenvalue weighted by Gasteiger charge is -2.17. The summed E-state index contributed by atoms with van der Waals surface area (Å²) in [5.41, 5.74) is 8.36. The zero-order valence-electron chi connectivity index (χ0n) is 27.2. The number of aromatic nitrogens is 2. The molecular formula is C48H30N2. The first kappa shape index (κ1) is 28.4. The van der Waals surface area contributed by atoms with Gasteiger partial charge in [0.2, 0.25) is 0 Å². The average molecular weight is 635 g/mol. The van der Waals surface area contributed by atoms with Crippen LogP contribution in [-0.4, -0.2) is 9.97 Å². The van der Waals surface area contributed by atoms with Gasteiger partial charge in [-0.05, 0) is 99.4 Å². The van der Waals surface area contributed by atoms with Gasteiger partial charge >= 0.3 is 0 Å². The third-order valence-electron chi connectivity index (χ3n) is 10.2. The summed E-state index contributed by atoms with van der Waals surface area (Å²) in [6, 6.07) is 61.5. The number of benzene rings is 9. The Morgan fingerprint density at radius 1 is 0.300 bits per heavy atom. The molecule has 0 amide bonds. The van der Waals surface area contributed by atoms with Crippen LogP contribution < -0.4 is 0 Å². The Morgan fingerprint density at radius 2 is 0.760 bits per heavy atom. The van der Waals surface area contributed by atoms with Crippen LogP contribution in [0.15, 0.2) is 182 Å². The lowest BCUT2D eigenvalue weighted by atomic mass is 9.87. The highest BCUT2D eigenvalue weighted by molar-refractivity contribution is 6.23. The van der Waals surface area contributed by atoms with Crippen LogP contribution in [0.1, 0.15) is 0 Å². The van der Waals surface area contributed by atoms with Crippen molar-refractivity contribution < 1.29 is 0 Å². The fraction of sp³-hybridized carbons (Fsp3) is 0. The van der Waals surface area contributed by atoms with Gasteiger partial charge in [0.1, 0.15) is 0 Å². The van der Waals surface area contributed by atoms with Gasteiger partial charge in [0, 0.05) is 18.0 Å². The quantitative estimate of drug-likeness (QED) is 0.142. The average Bonchev–Trinajstić information content (AvgIpc) is 3.20. The Bertz CT molecular complexity index is 2830. The summed E-state index contributed by atoms with van der Waals surface area (Å²) in [6.07, 6.45) is 3.63. The van der Waals surface area contributed by atoms with E-state index in [0.717, 1.165) is 22.2 Å². The fourth-order valence-electron chi connectivity index (χ4n) is 7.90. The monoisotopic (exact) mass is 634 g/mol. The highest BCUT2D eigenvalue weighted by atomic mass is 14.9. The van der Waals surface area contributed by atoms with Crippen molar-refractivity contribution in [3.8, 4) is 44.8 Å². The summed E-state index contributed by atoms with van der Waals surface area (Å²) in [7, 11) is 0. The van der Waals surface area contributed by atoms with Crippen LogP contribution in [-0.2, 0) is 0 Å². The van der Waals surface area contributed by atoms with Crippen LogP contribution in [0.4, 0.5) is 0 Å². The summed E-state index contributed by atoms with van der Waals surface area (Å²) in [6.45, 7) is 0. The minimum atomic E-state index is 0.746. The smallest absolute Gasteiger partial charge is 0.160 e. The third-order valence-corrected chi connectivity index (χ3v) is 10.2. The molecule has 0 spiro atoms. The second kappa shape index (κ2) is 11.5. The molecule has 9 aromatic carbocycles. The molecule has 2 heteroatoms. The molecule has 0 bridgehead atoms. The molecule has 1 aromatic heterocycles. The maximum Gasteiger partial charge on any atom is 0.160 e. The van der Waals surface area contributed by atoms with Crippen molar-refractivity contribution in [3.63, 3.8) is 0 Å². The predicted molar refractivity (Wildman–Crippen MR) is 211 cm³/mol. The van der Waals surface area contributed by atoms with Gasteiger partial charge in [-0.25, -0.2) is 9.97 Å². The molecule has 0 atom stereocenters. The number of hydrogen-bond donors (Lipinski definition) is 0. The van der Waals surface area contributed by atoms with Crippen molar-refractivity contribution in [2.75, 3.05) is 0 Å². The molecule has 10 rings (SSSR count). The lowest BCUT2D eigenvalue weighted by Crippen LogP contribution is -1.93. The maximum atomic E-state index is 4.65. The van der Waals surface area contributed by atoms with Gasteiger partial charge < -0.3 is 0 Å². The first-order valence-corrected chi connectivity index (χ1v) is 17.1. The van der Waals surface area contributed by atoms with Crippen molar-refractivity contribution in [1.29, 1.82) is 0 Å². The normalized spacial score (nSPS) is 11.6. The Labute approximate surface area is 290 Å². The standard InChI is InChI=1S/C48H30N2/c1-2-11-37-33(10-1)24-27-36-30-44(38-12-3-4-13-39(38)46(36)37)34-22-18-31(19-23-34)32-20-25-35(26-21-32)45-40-14-5-7-16-42(40)47(48-49-28-9-29-50-48)43-17-8-6-15-41(43)45/h1-30H. The first-order chi connectivity index (χ1) is 24.8. The summed E-state index contributed by atoms with van der Waals surface area (Å²) in [4.78, 5) is 9.30. The van der Waals surface area contributed by atoms with E-state index >= 15 is 0 Å². The lowest BCUT2D eigenvalue weighted by molar-refractivity contribution is 1.18. The molecule has 0 aliphatic rings. The van der Waals surface area contributed by atoms with E-state index in [0.29, 0.717) is 0 Å². The van der Waals surface area contributed by atoms with Gasteiger partial charge in [-0.3, -0.25) is 0 Å². The molecule has 2 nitrogen and oxygen atoms in total. The van der Waals surface area contributed by atoms with E-state index in [-0.39, 0.29) is 0 Å². The minimum Gasteiger partial charge on any atom is -0.237 e. The van der Waals surface area contributed by atoms with Gasteiger partial charge in [0.25, 0.3) is 0 Å². The number of nitrogens with zero attached hydrogens (tertiary/aromatic N) is 2. The molecule has 10 aromatic rings. The molecule has 0 saturated carbocycles. The van der Waals surface area contributed by atoms with Crippen LogP contribution >= 0.6 is 0 Å². The van der Waals surface area contributed by atoms with E-state index < -0.39 is 0 Å². The second-order valence-corrected chi connectivity index (χ2v) is 12.9. The van der Waals surface area contributed by atoms with Gasteiger partial charge in [-0.1, -0.05) is 158 Å². The van der Waals surface area contributed by atoms with Crippen LogP contribution in [0.25, 0.3) is 98.6 Å². The van der Waals surface area contributed by atoms with Crippen LogP contribution in [0.2, 0.25) is 0 Å². The third kappa shape index (κ3) is 4.50. The SMILES string of the molecule is c1cnc(-c2c3ccccc3c(-c3ccc(-c4ccc(-c5cc6ccc7ccccc7c6c6ccccc56)cc4)cc3)c3ccccc23)nc1. The molecule has 0 aliphatic heterocycles. The van der Waals surface area contributed by atoms with Crippen molar-refractivity contribution >= 4 is 53.9 Å². The van der Waals surface area contributed by atoms with E-state index in [9.17, 15) is 0 Å². The van der Waals surface area contributed by atoms with Crippen molar-refractivity contribution in [1.82, 2.24) is 9.97 Å². The van der Waals surface area contributed by atoms with Crippen molar-refractivity contribution in [2.45, 2.75) is 0 Å². The first-order valence-electron chi connectivity index (χ1n) is 17.1. The number of rotatable bonds is 4. The summed E-state index contributed by atoms with van der Waals surface area (Å²) < 4.78 is 0. The van der Waals surface area contributed by atoms with Gasteiger partial charge in [0.15, 0.2) is 5.82 Å². The molecule has 0 aliphatic carbocycles. The van der Waals surface area contributed by atoms with Gasteiger partial charge in [0.05, 0.1) is 0 Å². The summed E-state index contributed by atoms with van der Waals surface area (Å²) >= 11 is 0. The maximum absolute atomic E-state index is 4.65.